The first-order chi connectivity index (χ1) is 11.9. The van der Waals surface area contributed by atoms with Crippen LogP contribution in [0.15, 0.2) is 24.3 Å². The number of halogens is 4. The van der Waals surface area contributed by atoms with Crippen LogP contribution in [-0.2, 0) is 6.18 Å². The van der Waals surface area contributed by atoms with Crippen molar-refractivity contribution in [1.82, 2.24) is 0 Å². The van der Waals surface area contributed by atoms with Gasteiger partial charge in [0.05, 0.1) is 5.56 Å². The number of hydrogen-bond acceptors (Lipinski definition) is 0. The van der Waals surface area contributed by atoms with E-state index in [2.05, 4.69) is 22.6 Å². The fourth-order valence-corrected chi connectivity index (χ4v) is 5.33. The first-order valence-corrected chi connectivity index (χ1v) is 11.0. The van der Waals surface area contributed by atoms with Gasteiger partial charge in [0.15, 0.2) is 0 Å². The maximum absolute atomic E-state index is 12.7. The minimum absolute atomic E-state index is 0.452. The fraction of sp³-hybridized carbons (Fsp3) is 0.714. The number of alkyl halides is 4. The molecule has 3 rings (SSSR count). The molecule has 0 saturated heterocycles. The van der Waals surface area contributed by atoms with Crippen molar-refractivity contribution in [3.63, 3.8) is 0 Å². The highest BCUT2D eigenvalue weighted by atomic mass is 127. The van der Waals surface area contributed by atoms with Gasteiger partial charge in [-0.15, -0.1) is 0 Å². The van der Waals surface area contributed by atoms with Crippen LogP contribution < -0.4 is 0 Å². The quantitative estimate of drug-likeness (QED) is 0.316. The van der Waals surface area contributed by atoms with Gasteiger partial charge in [-0.25, -0.2) is 0 Å². The molecule has 0 spiro atoms. The Morgan fingerprint density at radius 3 is 1.72 bits per heavy atom. The second-order valence-corrected chi connectivity index (χ2v) is 9.79. The van der Waals surface area contributed by atoms with Crippen LogP contribution in [0.4, 0.5) is 13.2 Å². The standard InChI is InChI=1S/C21H28F3I/c22-21(23,24)19-11-9-18(10-12-19)17-7-3-15(4-8-17)1-2-16-5-13-20(25)14-6-16/h9-12,15-17,20H,1-8,13-14H2. The van der Waals surface area contributed by atoms with Gasteiger partial charge in [-0.3, -0.25) is 0 Å². The lowest BCUT2D eigenvalue weighted by Crippen LogP contribution is -2.17. The molecule has 1 aromatic carbocycles. The van der Waals surface area contributed by atoms with E-state index in [1.54, 1.807) is 12.1 Å². The second kappa shape index (κ2) is 8.62. The van der Waals surface area contributed by atoms with Crippen LogP contribution in [0, 0.1) is 11.8 Å². The zero-order chi connectivity index (χ0) is 17.9. The first-order valence-electron chi connectivity index (χ1n) is 9.73. The SMILES string of the molecule is FC(F)(F)c1ccc(C2CCC(CCC3CCC(I)CC3)CC2)cc1. The van der Waals surface area contributed by atoms with Crippen LogP contribution in [0.25, 0.3) is 0 Å². The average molecular weight is 464 g/mol. The molecular weight excluding hydrogens is 436 g/mol. The van der Waals surface area contributed by atoms with E-state index in [1.807, 2.05) is 0 Å². The monoisotopic (exact) mass is 464 g/mol. The Balaban J connectivity index is 1.42. The molecule has 0 aliphatic heterocycles. The van der Waals surface area contributed by atoms with E-state index in [4.69, 9.17) is 0 Å². The number of benzene rings is 1. The molecule has 0 amide bonds. The lowest BCUT2D eigenvalue weighted by molar-refractivity contribution is -0.137. The van der Waals surface area contributed by atoms with Crippen molar-refractivity contribution in [2.75, 3.05) is 0 Å². The Labute approximate surface area is 163 Å². The number of hydrogen-bond donors (Lipinski definition) is 0. The summed E-state index contributed by atoms with van der Waals surface area (Å²) in [5.74, 6) is 2.23. The van der Waals surface area contributed by atoms with Gasteiger partial charge in [0.2, 0.25) is 0 Å². The third kappa shape index (κ3) is 5.61. The van der Waals surface area contributed by atoms with E-state index >= 15 is 0 Å². The molecule has 0 bridgehead atoms. The maximum Gasteiger partial charge on any atom is 0.416 e. The Morgan fingerprint density at radius 2 is 1.24 bits per heavy atom. The molecule has 0 aromatic heterocycles. The molecule has 0 N–H and O–H groups in total. The van der Waals surface area contributed by atoms with Crippen LogP contribution in [-0.4, -0.2) is 3.92 Å². The molecule has 25 heavy (non-hydrogen) atoms. The molecule has 0 radical (unpaired) electrons. The largest absolute Gasteiger partial charge is 0.416 e. The van der Waals surface area contributed by atoms with Crippen LogP contribution in [0.2, 0.25) is 0 Å². The summed E-state index contributed by atoms with van der Waals surface area (Å²) in [5.41, 5.74) is 0.554. The molecule has 140 valence electrons. The Bertz CT molecular complexity index is 521. The highest BCUT2D eigenvalue weighted by Crippen LogP contribution is 2.40. The smallest absolute Gasteiger partial charge is 0.166 e. The molecule has 2 aliphatic rings. The molecule has 1 aromatic rings. The lowest BCUT2D eigenvalue weighted by atomic mass is 9.75. The highest BCUT2D eigenvalue weighted by molar-refractivity contribution is 14.1. The summed E-state index contributed by atoms with van der Waals surface area (Å²) in [6, 6.07) is 5.86. The zero-order valence-corrected chi connectivity index (χ0v) is 16.9. The topological polar surface area (TPSA) is 0 Å². The van der Waals surface area contributed by atoms with Gasteiger partial charge in [0.25, 0.3) is 0 Å². The summed E-state index contributed by atoms with van der Waals surface area (Å²) >= 11 is 2.59. The predicted molar refractivity (Wildman–Crippen MR) is 105 cm³/mol. The Kier molecular flexibility index (Phi) is 6.72. The second-order valence-electron chi connectivity index (χ2n) is 8.03. The fourth-order valence-electron chi connectivity index (χ4n) is 4.61. The van der Waals surface area contributed by atoms with Crippen LogP contribution >= 0.6 is 22.6 Å². The van der Waals surface area contributed by atoms with Gasteiger partial charge in [0.1, 0.15) is 0 Å². The molecule has 0 heterocycles. The van der Waals surface area contributed by atoms with Crippen molar-refractivity contribution >= 4 is 22.6 Å². The summed E-state index contributed by atoms with van der Waals surface area (Å²) in [6.45, 7) is 0. The summed E-state index contributed by atoms with van der Waals surface area (Å²) in [6.07, 6.45) is 8.89. The van der Waals surface area contributed by atoms with Gasteiger partial charge in [-0.1, -0.05) is 47.6 Å². The predicted octanol–water partition coefficient (Wildman–Crippen LogP) is 7.75. The third-order valence-electron chi connectivity index (χ3n) is 6.32. The number of rotatable bonds is 4. The van der Waals surface area contributed by atoms with Gasteiger partial charge in [-0.05, 0) is 86.8 Å². The minimum Gasteiger partial charge on any atom is -0.166 e. The highest BCUT2D eigenvalue weighted by Gasteiger charge is 2.31. The van der Waals surface area contributed by atoms with Gasteiger partial charge >= 0.3 is 6.18 Å². The average Bonchev–Trinajstić information content (AvgIpc) is 2.61. The lowest BCUT2D eigenvalue weighted by Gasteiger charge is -2.31. The van der Waals surface area contributed by atoms with E-state index in [0.717, 1.165) is 34.2 Å². The van der Waals surface area contributed by atoms with Gasteiger partial charge in [-0.2, -0.15) is 13.2 Å². The van der Waals surface area contributed by atoms with E-state index in [-0.39, 0.29) is 0 Å². The van der Waals surface area contributed by atoms with Crippen LogP contribution in [0.5, 0.6) is 0 Å². The van der Waals surface area contributed by atoms with Gasteiger partial charge in [0, 0.05) is 3.92 Å². The third-order valence-corrected chi connectivity index (χ3v) is 7.56. The van der Waals surface area contributed by atoms with Crippen LogP contribution in [0.1, 0.15) is 81.3 Å². The summed E-state index contributed by atoms with van der Waals surface area (Å²) in [7, 11) is 0. The van der Waals surface area contributed by atoms with Crippen molar-refractivity contribution in [3.05, 3.63) is 35.4 Å². The first kappa shape index (κ1) is 19.5. The van der Waals surface area contributed by atoms with E-state index < -0.39 is 11.7 Å². The van der Waals surface area contributed by atoms with E-state index in [0.29, 0.717) is 5.92 Å². The van der Waals surface area contributed by atoms with Crippen molar-refractivity contribution in [1.29, 1.82) is 0 Å². The van der Waals surface area contributed by atoms with Crippen LogP contribution in [0.3, 0.4) is 0 Å². The summed E-state index contributed by atoms with van der Waals surface area (Å²) in [4.78, 5) is 0. The van der Waals surface area contributed by atoms with E-state index in [9.17, 15) is 13.2 Å². The molecule has 0 nitrogen and oxygen atoms in total. The Hall–Kier alpha value is -0.260. The summed E-state index contributed by atoms with van der Waals surface area (Å²) in [5, 5.41) is 0. The minimum atomic E-state index is -4.23. The molecule has 4 heteroatoms. The molecule has 0 unspecified atom stereocenters. The van der Waals surface area contributed by atoms with Gasteiger partial charge < -0.3 is 0 Å². The van der Waals surface area contributed by atoms with Crippen molar-refractivity contribution < 1.29 is 13.2 Å². The maximum atomic E-state index is 12.7. The van der Waals surface area contributed by atoms with Crippen molar-refractivity contribution in [2.45, 2.75) is 80.2 Å². The molecule has 2 fully saturated rings. The molecule has 2 aliphatic carbocycles. The molecule has 0 atom stereocenters. The van der Waals surface area contributed by atoms with E-state index in [1.165, 1.54) is 63.5 Å². The normalized spacial score (nSPS) is 31.0. The molecule has 2 saturated carbocycles. The summed E-state index contributed by atoms with van der Waals surface area (Å²) < 4.78 is 38.9. The zero-order valence-electron chi connectivity index (χ0n) is 14.7. The van der Waals surface area contributed by atoms with Crippen molar-refractivity contribution in [2.24, 2.45) is 11.8 Å². The van der Waals surface area contributed by atoms with Crippen molar-refractivity contribution in [3.8, 4) is 0 Å². The Morgan fingerprint density at radius 1 is 0.760 bits per heavy atom. The molecular formula is C21H28F3I.